The van der Waals surface area contributed by atoms with Crippen molar-refractivity contribution >= 4 is 29.6 Å². The van der Waals surface area contributed by atoms with Crippen LogP contribution < -0.4 is 11.1 Å². The van der Waals surface area contributed by atoms with Gasteiger partial charge in [0.1, 0.15) is 17.5 Å². The molecule has 0 saturated carbocycles. The standard InChI is InChI=1S/C10H17ClFN5O4/c1-9(12)6(19)10(3-11,4-18)21-7(9)16-8(17-20)15-5(14)2-13/h2,6-7,13,18-20H,3-4H2,1H3,(H3,14,15,16,17)/t6-,7+,9+,10+/m0/s1. The molecule has 11 heteroatoms. The normalized spacial score (nSPS) is 37.6. The van der Waals surface area contributed by atoms with E-state index in [1.807, 2.05) is 0 Å². The number of aliphatic hydroxyl groups excluding tert-OH is 2. The lowest BCUT2D eigenvalue weighted by molar-refractivity contribution is -0.0986. The highest BCUT2D eigenvalue weighted by atomic mass is 35.5. The molecule has 0 aromatic carbocycles. The van der Waals surface area contributed by atoms with Crippen molar-refractivity contribution in [3.8, 4) is 0 Å². The number of ether oxygens (including phenoxy) is 1. The van der Waals surface area contributed by atoms with Crippen LogP contribution in [-0.4, -0.2) is 69.5 Å². The van der Waals surface area contributed by atoms with Gasteiger partial charge in [-0.25, -0.2) is 4.39 Å². The number of hydrogen-bond acceptors (Lipinski definition) is 6. The molecule has 1 heterocycles. The Kier molecular flexibility index (Phi) is 5.45. The van der Waals surface area contributed by atoms with Crippen LogP contribution in [0.1, 0.15) is 6.92 Å². The minimum Gasteiger partial charge on any atom is -0.408 e. The van der Waals surface area contributed by atoms with Crippen molar-refractivity contribution < 1.29 is 24.5 Å². The summed E-state index contributed by atoms with van der Waals surface area (Å²) < 4.78 is 19.8. The number of halogens is 2. The fraction of sp³-hybridized carbons (Fsp3) is 0.700. The van der Waals surface area contributed by atoms with E-state index >= 15 is 0 Å². The minimum absolute atomic E-state index is 0.305. The van der Waals surface area contributed by atoms with E-state index in [4.69, 9.17) is 32.7 Å². The molecular weight excluding hydrogens is 309 g/mol. The number of rotatable bonds is 4. The second-order valence-corrected chi connectivity index (χ2v) is 4.92. The predicted molar refractivity (Wildman–Crippen MR) is 73.7 cm³/mol. The zero-order valence-electron chi connectivity index (χ0n) is 11.1. The Labute approximate surface area is 124 Å². The van der Waals surface area contributed by atoms with Gasteiger partial charge in [-0.3, -0.25) is 0 Å². The van der Waals surface area contributed by atoms with Crippen LogP contribution in [0.5, 0.6) is 0 Å². The van der Waals surface area contributed by atoms with E-state index in [2.05, 4.69) is 15.5 Å². The van der Waals surface area contributed by atoms with Crippen molar-refractivity contribution in [1.82, 2.24) is 5.32 Å². The molecule has 9 nitrogen and oxygen atoms in total. The summed E-state index contributed by atoms with van der Waals surface area (Å²) in [5.74, 6) is -1.19. The molecule has 1 saturated heterocycles. The summed E-state index contributed by atoms with van der Waals surface area (Å²) in [4.78, 5) is 3.48. The molecule has 1 aliphatic heterocycles. The van der Waals surface area contributed by atoms with E-state index in [0.29, 0.717) is 6.21 Å². The molecule has 0 amide bonds. The van der Waals surface area contributed by atoms with E-state index in [1.54, 1.807) is 0 Å². The Morgan fingerprint density at radius 3 is 2.67 bits per heavy atom. The predicted octanol–water partition coefficient (Wildman–Crippen LogP) is -1.26. The first kappa shape index (κ1) is 17.6. The summed E-state index contributed by atoms with van der Waals surface area (Å²) in [6, 6.07) is 0. The van der Waals surface area contributed by atoms with Crippen molar-refractivity contribution in [3.05, 3.63) is 0 Å². The third kappa shape index (κ3) is 3.23. The largest absolute Gasteiger partial charge is 0.408 e. The first-order valence-corrected chi connectivity index (χ1v) is 6.35. The number of guanidine groups is 1. The maximum atomic E-state index is 14.6. The van der Waals surface area contributed by atoms with Crippen LogP contribution >= 0.6 is 11.6 Å². The summed E-state index contributed by atoms with van der Waals surface area (Å²) in [6.07, 6.45) is -2.55. The lowest BCUT2D eigenvalue weighted by Crippen LogP contribution is -2.52. The van der Waals surface area contributed by atoms with Gasteiger partial charge in [0.05, 0.1) is 18.7 Å². The average Bonchev–Trinajstić information content (AvgIpc) is 2.67. The van der Waals surface area contributed by atoms with Gasteiger partial charge >= 0.3 is 0 Å². The van der Waals surface area contributed by atoms with Crippen LogP contribution in [0.15, 0.2) is 10.1 Å². The Bertz CT molecular complexity index is 455. The minimum atomic E-state index is -2.36. The first-order valence-electron chi connectivity index (χ1n) is 5.82. The number of amidine groups is 1. The fourth-order valence-electron chi connectivity index (χ4n) is 1.87. The van der Waals surface area contributed by atoms with Gasteiger partial charge in [0.2, 0.25) is 0 Å². The van der Waals surface area contributed by atoms with Crippen LogP contribution in [0.3, 0.4) is 0 Å². The van der Waals surface area contributed by atoms with E-state index in [1.165, 1.54) is 0 Å². The molecule has 0 aliphatic carbocycles. The highest BCUT2D eigenvalue weighted by Crippen LogP contribution is 2.40. The number of aliphatic hydroxyl groups is 2. The summed E-state index contributed by atoms with van der Waals surface area (Å²) in [7, 11) is 0. The van der Waals surface area contributed by atoms with Crippen molar-refractivity contribution in [2.75, 3.05) is 12.5 Å². The smallest absolute Gasteiger partial charge is 0.263 e. The van der Waals surface area contributed by atoms with Gasteiger partial charge in [-0.15, -0.1) is 11.6 Å². The van der Waals surface area contributed by atoms with Crippen molar-refractivity contribution in [2.24, 2.45) is 15.9 Å². The highest BCUT2D eigenvalue weighted by molar-refractivity contribution is 6.29. The average molecular weight is 326 g/mol. The molecule has 0 aromatic heterocycles. The van der Waals surface area contributed by atoms with E-state index in [-0.39, 0.29) is 11.7 Å². The molecular formula is C10H17ClFN5O4. The number of nitrogens with two attached hydrogens (primary N) is 1. The van der Waals surface area contributed by atoms with Gasteiger partial charge in [-0.2, -0.15) is 4.99 Å². The zero-order valence-corrected chi connectivity index (χ0v) is 11.9. The monoisotopic (exact) mass is 325 g/mol. The van der Waals surface area contributed by atoms with Gasteiger partial charge in [-0.1, -0.05) is 0 Å². The van der Waals surface area contributed by atoms with E-state index in [0.717, 1.165) is 6.92 Å². The number of aliphatic imine (C=N–C) groups is 1. The quantitative estimate of drug-likeness (QED) is 0.125. The molecule has 1 aliphatic rings. The van der Waals surface area contributed by atoms with Gasteiger partial charge in [0.25, 0.3) is 5.96 Å². The number of hydrogen-bond donors (Lipinski definition) is 6. The lowest BCUT2D eigenvalue weighted by Gasteiger charge is -2.28. The van der Waals surface area contributed by atoms with Gasteiger partial charge < -0.3 is 36.6 Å². The SMILES string of the molecule is C[C@]1(F)[C@H](NC(=N/O)/N=C(/N)C=N)O[C@@](CO)(CCl)[C@H]1O. The molecule has 0 aromatic rings. The van der Waals surface area contributed by atoms with E-state index < -0.39 is 36.2 Å². The Morgan fingerprint density at radius 1 is 1.67 bits per heavy atom. The highest BCUT2D eigenvalue weighted by Gasteiger charge is 2.62. The molecule has 7 N–H and O–H groups in total. The molecule has 1 rings (SSSR count). The Morgan fingerprint density at radius 2 is 2.29 bits per heavy atom. The molecule has 1 fully saturated rings. The Hall–Kier alpha value is -1.49. The van der Waals surface area contributed by atoms with Crippen molar-refractivity contribution in [3.63, 3.8) is 0 Å². The molecule has 0 bridgehead atoms. The number of nitrogens with one attached hydrogen (secondary N) is 2. The van der Waals surface area contributed by atoms with Gasteiger partial charge in [0.15, 0.2) is 11.9 Å². The third-order valence-corrected chi connectivity index (χ3v) is 3.58. The molecule has 120 valence electrons. The van der Waals surface area contributed by atoms with Crippen LogP contribution in [0.25, 0.3) is 0 Å². The van der Waals surface area contributed by atoms with Gasteiger partial charge in [-0.05, 0) is 12.1 Å². The van der Waals surface area contributed by atoms with E-state index in [9.17, 15) is 14.6 Å². The van der Waals surface area contributed by atoms with Crippen LogP contribution in [0.2, 0.25) is 0 Å². The summed E-state index contributed by atoms with van der Waals surface area (Å²) in [5, 5.41) is 39.9. The molecule has 0 radical (unpaired) electrons. The number of alkyl halides is 2. The maximum absolute atomic E-state index is 14.6. The van der Waals surface area contributed by atoms with Crippen LogP contribution in [0, 0.1) is 5.41 Å². The summed E-state index contributed by atoms with van der Waals surface area (Å²) in [6.45, 7) is 0.310. The molecule has 4 atom stereocenters. The van der Waals surface area contributed by atoms with Crippen molar-refractivity contribution in [2.45, 2.75) is 30.5 Å². The van der Waals surface area contributed by atoms with Crippen LogP contribution in [0.4, 0.5) is 4.39 Å². The second-order valence-electron chi connectivity index (χ2n) is 4.66. The van der Waals surface area contributed by atoms with Gasteiger partial charge in [0, 0.05) is 0 Å². The number of oxime groups is 1. The summed E-state index contributed by atoms with van der Waals surface area (Å²) >= 11 is 5.63. The molecule has 21 heavy (non-hydrogen) atoms. The number of nitrogens with zero attached hydrogens (tertiary/aromatic N) is 2. The Balaban J connectivity index is 3.01. The third-order valence-electron chi connectivity index (χ3n) is 3.13. The van der Waals surface area contributed by atoms with Crippen LogP contribution in [-0.2, 0) is 4.74 Å². The molecule has 0 unspecified atom stereocenters. The maximum Gasteiger partial charge on any atom is 0.263 e. The topological polar surface area (TPSA) is 157 Å². The fourth-order valence-corrected chi connectivity index (χ4v) is 2.16. The van der Waals surface area contributed by atoms with Crippen molar-refractivity contribution in [1.29, 1.82) is 5.41 Å². The lowest BCUT2D eigenvalue weighted by atomic mass is 9.90. The summed E-state index contributed by atoms with van der Waals surface area (Å²) in [5.41, 5.74) is 1.19. The second kappa shape index (κ2) is 6.52. The zero-order chi connectivity index (χ0) is 16.3. The molecule has 0 spiro atoms. The first-order chi connectivity index (χ1) is 9.77.